The van der Waals surface area contributed by atoms with Crippen LogP contribution in [0.3, 0.4) is 0 Å². The van der Waals surface area contributed by atoms with Gasteiger partial charge in [0, 0.05) is 24.3 Å². The van der Waals surface area contributed by atoms with Crippen LogP contribution < -0.4 is 4.90 Å². The Labute approximate surface area is 185 Å². The first-order valence-electron chi connectivity index (χ1n) is 10.4. The van der Waals surface area contributed by atoms with Crippen molar-refractivity contribution in [3.05, 3.63) is 59.2 Å². The molecule has 30 heavy (non-hydrogen) atoms. The van der Waals surface area contributed by atoms with E-state index in [1.807, 2.05) is 24.8 Å². The molecule has 0 unspecified atom stereocenters. The third kappa shape index (κ3) is 6.49. The molecule has 0 atom stereocenters. The zero-order valence-electron chi connectivity index (χ0n) is 18.0. The molecule has 5 nitrogen and oxygen atoms in total. The van der Waals surface area contributed by atoms with E-state index in [2.05, 4.69) is 6.92 Å². The number of carbonyl (C=O) groups is 2. The van der Waals surface area contributed by atoms with E-state index < -0.39 is 5.97 Å². The first-order valence-corrected chi connectivity index (χ1v) is 10.4. The molecule has 0 saturated heterocycles. The number of hydrogen-bond acceptors (Lipinski definition) is 5. The first kappa shape index (κ1) is 25.5. The number of phenolic OH excluding ortho intramolecular Hbond substituents is 1. The molecule has 164 valence electrons. The molecule has 0 saturated carbocycles. The Bertz CT molecular complexity index is 816. The number of benzene rings is 2. The van der Waals surface area contributed by atoms with Gasteiger partial charge in [0.1, 0.15) is 5.75 Å². The summed E-state index contributed by atoms with van der Waals surface area (Å²) >= 11 is 0. The molecular formula is C24H32ClNO4. The van der Waals surface area contributed by atoms with Gasteiger partial charge >= 0.3 is 5.97 Å². The van der Waals surface area contributed by atoms with Gasteiger partial charge in [0.25, 0.3) is 0 Å². The predicted molar refractivity (Wildman–Crippen MR) is 123 cm³/mol. The minimum absolute atomic E-state index is 0. The SMILES string of the molecule is CCCCCCOC(=O)c1cccc(N(CC)CC)c1C(=O)c1ccc(O)cc1.Cl. The van der Waals surface area contributed by atoms with Crippen molar-refractivity contribution < 1.29 is 19.4 Å². The van der Waals surface area contributed by atoms with Crippen LogP contribution in [0.2, 0.25) is 0 Å². The maximum absolute atomic E-state index is 13.3. The topological polar surface area (TPSA) is 66.8 Å². The molecular weight excluding hydrogens is 402 g/mol. The molecule has 0 amide bonds. The van der Waals surface area contributed by atoms with Crippen molar-refractivity contribution in [2.75, 3.05) is 24.6 Å². The number of halogens is 1. The van der Waals surface area contributed by atoms with Gasteiger partial charge in [0.2, 0.25) is 0 Å². The lowest BCUT2D eigenvalue weighted by Gasteiger charge is -2.25. The van der Waals surface area contributed by atoms with E-state index in [0.29, 0.717) is 36.5 Å². The Kier molecular flexibility index (Phi) is 11.0. The Morgan fingerprint density at radius 1 is 0.933 bits per heavy atom. The highest BCUT2D eigenvalue weighted by molar-refractivity contribution is 6.17. The number of rotatable bonds is 11. The third-order valence-corrected chi connectivity index (χ3v) is 4.95. The number of hydrogen-bond donors (Lipinski definition) is 1. The molecule has 0 aliphatic heterocycles. The van der Waals surface area contributed by atoms with E-state index >= 15 is 0 Å². The normalized spacial score (nSPS) is 10.2. The van der Waals surface area contributed by atoms with Crippen molar-refractivity contribution in [3.8, 4) is 5.75 Å². The number of nitrogens with zero attached hydrogens (tertiary/aromatic N) is 1. The molecule has 0 heterocycles. The third-order valence-electron chi connectivity index (χ3n) is 4.95. The average molecular weight is 434 g/mol. The standard InChI is InChI=1S/C24H31NO4.ClH/c1-4-7-8-9-17-29-24(28)20-11-10-12-21(25(5-2)6-3)22(20)23(27)18-13-15-19(26)16-14-18;/h10-16,26H,4-9,17H2,1-3H3;1H. The van der Waals surface area contributed by atoms with Crippen LogP contribution in [0.25, 0.3) is 0 Å². The van der Waals surface area contributed by atoms with Crippen molar-refractivity contribution in [1.29, 1.82) is 0 Å². The van der Waals surface area contributed by atoms with E-state index in [1.165, 1.54) is 12.1 Å². The average Bonchev–Trinajstić information content (AvgIpc) is 2.74. The van der Waals surface area contributed by atoms with Gasteiger partial charge < -0.3 is 14.7 Å². The van der Waals surface area contributed by atoms with Gasteiger partial charge in [-0.1, -0.05) is 32.3 Å². The summed E-state index contributed by atoms with van der Waals surface area (Å²) in [6, 6.07) is 11.4. The summed E-state index contributed by atoms with van der Waals surface area (Å²) in [5.41, 5.74) is 1.76. The largest absolute Gasteiger partial charge is 0.508 e. The molecule has 0 aliphatic rings. The molecule has 0 bridgehead atoms. The highest BCUT2D eigenvalue weighted by atomic mass is 35.5. The molecule has 2 aromatic carbocycles. The summed E-state index contributed by atoms with van der Waals surface area (Å²) in [6.45, 7) is 7.92. The van der Waals surface area contributed by atoms with Crippen LogP contribution in [0.5, 0.6) is 5.75 Å². The number of phenols is 1. The summed E-state index contributed by atoms with van der Waals surface area (Å²) < 4.78 is 5.47. The van der Waals surface area contributed by atoms with Gasteiger partial charge in [-0.15, -0.1) is 12.4 Å². The van der Waals surface area contributed by atoms with Crippen LogP contribution in [0.15, 0.2) is 42.5 Å². The molecule has 1 N–H and O–H groups in total. The number of ketones is 1. The summed E-state index contributed by atoms with van der Waals surface area (Å²) in [5, 5.41) is 9.54. The van der Waals surface area contributed by atoms with Crippen molar-refractivity contribution in [3.63, 3.8) is 0 Å². The van der Waals surface area contributed by atoms with E-state index in [4.69, 9.17) is 4.74 Å². The summed E-state index contributed by atoms with van der Waals surface area (Å²) in [5.74, 6) is -0.645. The zero-order valence-corrected chi connectivity index (χ0v) is 18.8. The van der Waals surface area contributed by atoms with Crippen LogP contribution in [-0.4, -0.2) is 36.6 Å². The van der Waals surface area contributed by atoms with Crippen LogP contribution in [0.4, 0.5) is 5.69 Å². The van der Waals surface area contributed by atoms with Crippen LogP contribution >= 0.6 is 12.4 Å². The van der Waals surface area contributed by atoms with Gasteiger partial charge in [-0.05, 0) is 56.7 Å². The van der Waals surface area contributed by atoms with Crippen molar-refractivity contribution in [1.82, 2.24) is 0 Å². The van der Waals surface area contributed by atoms with Crippen LogP contribution in [-0.2, 0) is 4.74 Å². The van der Waals surface area contributed by atoms with Gasteiger partial charge in [-0.25, -0.2) is 4.79 Å². The summed E-state index contributed by atoms with van der Waals surface area (Å²) in [6.07, 6.45) is 4.06. The second kappa shape index (κ2) is 12.9. The highest BCUT2D eigenvalue weighted by Crippen LogP contribution is 2.28. The lowest BCUT2D eigenvalue weighted by Crippen LogP contribution is -2.26. The second-order valence-corrected chi connectivity index (χ2v) is 6.94. The van der Waals surface area contributed by atoms with Gasteiger partial charge in [0.15, 0.2) is 5.78 Å². The molecule has 6 heteroatoms. The fourth-order valence-corrected chi connectivity index (χ4v) is 3.31. The maximum atomic E-state index is 13.3. The monoisotopic (exact) mass is 433 g/mol. The molecule has 0 fully saturated rings. The number of carbonyl (C=O) groups excluding carboxylic acids is 2. The van der Waals surface area contributed by atoms with E-state index in [-0.39, 0.29) is 29.5 Å². The number of unbranched alkanes of at least 4 members (excludes halogenated alkanes) is 3. The van der Waals surface area contributed by atoms with E-state index in [0.717, 1.165) is 25.7 Å². The fourth-order valence-electron chi connectivity index (χ4n) is 3.31. The Morgan fingerprint density at radius 2 is 1.60 bits per heavy atom. The van der Waals surface area contributed by atoms with Crippen LogP contribution in [0, 0.1) is 0 Å². The molecule has 2 rings (SSSR count). The maximum Gasteiger partial charge on any atom is 0.338 e. The minimum Gasteiger partial charge on any atom is -0.508 e. The Balaban J connectivity index is 0.00000450. The quantitative estimate of drug-likeness (QED) is 0.282. The summed E-state index contributed by atoms with van der Waals surface area (Å²) in [7, 11) is 0. The lowest BCUT2D eigenvalue weighted by molar-refractivity contribution is 0.0495. The van der Waals surface area contributed by atoms with Gasteiger partial charge in [0.05, 0.1) is 17.7 Å². The first-order chi connectivity index (χ1) is 14.0. The number of ether oxygens (including phenoxy) is 1. The van der Waals surface area contributed by atoms with Gasteiger partial charge in [-0.2, -0.15) is 0 Å². The minimum atomic E-state index is -0.474. The fraction of sp³-hybridized carbons (Fsp3) is 0.417. The molecule has 0 radical (unpaired) electrons. The number of anilines is 1. The van der Waals surface area contributed by atoms with Crippen molar-refractivity contribution in [2.24, 2.45) is 0 Å². The number of esters is 1. The highest BCUT2D eigenvalue weighted by Gasteiger charge is 2.25. The van der Waals surface area contributed by atoms with Gasteiger partial charge in [-0.3, -0.25) is 4.79 Å². The molecule has 0 aliphatic carbocycles. The zero-order chi connectivity index (χ0) is 21.2. The lowest BCUT2D eigenvalue weighted by atomic mass is 9.95. The van der Waals surface area contributed by atoms with Crippen LogP contribution in [0.1, 0.15) is 72.7 Å². The second-order valence-electron chi connectivity index (χ2n) is 6.94. The Morgan fingerprint density at radius 3 is 2.20 bits per heavy atom. The number of aromatic hydroxyl groups is 1. The molecule has 0 aromatic heterocycles. The Hall–Kier alpha value is -2.53. The van der Waals surface area contributed by atoms with E-state index in [1.54, 1.807) is 24.3 Å². The smallest absolute Gasteiger partial charge is 0.338 e. The van der Waals surface area contributed by atoms with E-state index in [9.17, 15) is 14.7 Å². The summed E-state index contributed by atoms with van der Waals surface area (Å²) in [4.78, 5) is 28.2. The van der Waals surface area contributed by atoms with Crippen molar-refractivity contribution in [2.45, 2.75) is 46.5 Å². The van der Waals surface area contributed by atoms with Crippen molar-refractivity contribution >= 4 is 29.8 Å². The predicted octanol–water partition coefficient (Wildman–Crippen LogP) is 5.63. The molecule has 0 spiro atoms. The molecule has 2 aromatic rings.